The van der Waals surface area contributed by atoms with Crippen molar-refractivity contribution in [3.8, 4) is 0 Å². The van der Waals surface area contributed by atoms with Gasteiger partial charge in [-0.3, -0.25) is 9.59 Å². The van der Waals surface area contributed by atoms with E-state index in [4.69, 9.17) is 9.47 Å². The molecule has 0 N–H and O–H groups in total. The van der Waals surface area contributed by atoms with Crippen molar-refractivity contribution in [1.29, 1.82) is 0 Å². The minimum absolute atomic E-state index is 0.0309. The summed E-state index contributed by atoms with van der Waals surface area (Å²) in [5.41, 5.74) is 0. The molecule has 1 unspecified atom stereocenters. The standard InChI is InChI=1S/C18H29NO6S/c20-17(12-25-18(21)14-6-9-24-10-7-14)19(15-4-2-1-3-5-15)16-8-11-26(22,23)13-16/h14-16H,1-13H2. The van der Waals surface area contributed by atoms with Crippen LogP contribution >= 0.6 is 0 Å². The minimum atomic E-state index is -3.08. The number of carbonyl (C=O) groups excluding carboxylic acids is 2. The Morgan fingerprint density at radius 2 is 1.65 bits per heavy atom. The molecule has 1 aliphatic carbocycles. The quantitative estimate of drug-likeness (QED) is 0.661. The topological polar surface area (TPSA) is 90.0 Å². The zero-order valence-electron chi connectivity index (χ0n) is 15.2. The van der Waals surface area contributed by atoms with Crippen LogP contribution in [0.4, 0.5) is 0 Å². The lowest BCUT2D eigenvalue weighted by atomic mass is 9.93. The number of nitrogens with zero attached hydrogens (tertiary/aromatic N) is 1. The molecule has 148 valence electrons. The van der Waals surface area contributed by atoms with Gasteiger partial charge in [-0.25, -0.2) is 8.42 Å². The summed E-state index contributed by atoms with van der Waals surface area (Å²) >= 11 is 0. The van der Waals surface area contributed by atoms with E-state index in [-0.39, 0.29) is 48.0 Å². The molecule has 0 radical (unpaired) electrons. The molecule has 0 spiro atoms. The van der Waals surface area contributed by atoms with Gasteiger partial charge in [-0.2, -0.15) is 0 Å². The van der Waals surface area contributed by atoms with E-state index in [1.807, 2.05) is 0 Å². The molecule has 1 amide bonds. The van der Waals surface area contributed by atoms with Crippen LogP contribution in [0.3, 0.4) is 0 Å². The minimum Gasteiger partial charge on any atom is -0.455 e. The summed E-state index contributed by atoms with van der Waals surface area (Å²) in [7, 11) is -3.08. The first-order chi connectivity index (χ1) is 12.5. The first-order valence-electron chi connectivity index (χ1n) is 9.72. The molecule has 26 heavy (non-hydrogen) atoms. The third-order valence-electron chi connectivity index (χ3n) is 5.75. The van der Waals surface area contributed by atoms with Gasteiger partial charge < -0.3 is 14.4 Å². The fourth-order valence-corrected chi connectivity index (χ4v) is 6.03. The average Bonchev–Trinajstić information content (AvgIpc) is 3.01. The molecule has 2 heterocycles. The Balaban J connectivity index is 1.61. The monoisotopic (exact) mass is 387 g/mol. The predicted molar refractivity (Wildman–Crippen MR) is 95.3 cm³/mol. The van der Waals surface area contributed by atoms with Crippen molar-refractivity contribution in [3.05, 3.63) is 0 Å². The van der Waals surface area contributed by atoms with E-state index in [1.165, 1.54) is 0 Å². The van der Waals surface area contributed by atoms with Crippen molar-refractivity contribution in [3.63, 3.8) is 0 Å². The number of amides is 1. The van der Waals surface area contributed by atoms with Crippen molar-refractivity contribution in [2.24, 2.45) is 5.92 Å². The van der Waals surface area contributed by atoms with Gasteiger partial charge in [0.05, 0.1) is 17.4 Å². The number of hydrogen-bond acceptors (Lipinski definition) is 6. The molecule has 2 aliphatic heterocycles. The first-order valence-corrected chi connectivity index (χ1v) is 11.5. The Bertz CT molecular complexity index is 607. The molecule has 0 bridgehead atoms. The molecule has 3 rings (SSSR count). The molecule has 3 fully saturated rings. The maximum atomic E-state index is 12.9. The van der Waals surface area contributed by atoms with E-state index < -0.39 is 9.84 Å². The lowest BCUT2D eigenvalue weighted by Crippen LogP contribution is -2.50. The zero-order chi connectivity index (χ0) is 18.6. The molecule has 7 nitrogen and oxygen atoms in total. The van der Waals surface area contributed by atoms with Crippen LogP contribution < -0.4 is 0 Å². The highest BCUT2D eigenvalue weighted by Gasteiger charge is 2.39. The number of hydrogen-bond donors (Lipinski definition) is 0. The molecule has 0 aromatic carbocycles. The Hall–Kier alpha value is -1.15. The van der Waals surface area contributed by atoms with Gasteiger partial charge in [0, 0.05) is 25.3 Å². The summed E-state index contributed by atoms with van der Waals surface area (Å²) in [6.07, 6.45) is 6.79. The number of carbonyl (C=O) groups is 2. The van der Waals surface area contributed by atoms with Crippen LogP contribution in [0.5, 0.6) is 0 Å². The third kappa shape index (κ3) is 4.97. The lowest BCUT2D eigenvalue weighted by Gasteiger charge is -2.38. The normalized spacial score (nSPS) is 27.2. The van der Waals surface area contributed by atoms with E-state index >= 15 is 0 Å². The smallest absolute Gasteiger partial charge is 0.309 e. The Morgan fingerprint density at radius 1 is 0.962 bits per heavy atom. The molecule has 1 saturated carbocycles. The highest BCUT2D eigenvalue weighted by atomic mass is 32.2. The molecule has 2 saturated heterocycles. The number of ether oxygens (including phenoxy) is 2. The summed E-state index contributed by atoms with van der Waals surface area (Å²) in [4.78, 5) is 26.8. The van der Waals surface area contributed by atoms with E-state index in [0.29, 0.717) is 32.5 Å². The van der Waals surface area contributed by atoms with Gasteiger partial charge in [0.1, 0.15) is 0 Å². The van der Waals surface area contributed by atoms with Crippen molar-refractivity contribution in [1.82, 2.24) is 4.90 Å². The Morgan fingerprint density at radius 3 is 2.27 bits per heavy atom. The van der Waals surface area contributed by atoms with Crippen LogP contribution in [-0.2, 0) is 28.9 Å². The average molecular weight is 387 g/mol. The summed E-state index contributed by atoms with van der Waals surface area (Å²) in [6, 6.07) is -0.214. The Kier molecular flexibility index (Phi) is 6.55. The van der Waals surface area contributed by atoms with Crippen molar-refractivity contribution >= 4 is 21.7 Å². The number of rotatable bonds is 5. The largest absolute Gasteiger partial charge is 0.455 e. The van der Waals surface area contributed by atoms with Gasteiger partial charge >= 0.3 is 5.97 Å². The summed E-state index contributed by atoms with van der Waals surface area (Å²) < 4.78 is 34.3. The van der Waals surface area contributed by atoms with Gasteiger partial charge in [-0.1, -0.05) is 19.3 Å². The third-order valence-corrected chi connectivity index (χ3v) is 7.50. The molecular weight excluding hydrogens is 358 g/mol. The molecular formula is C18H29NO6S. The molecule has 0 aromatic heterocycles. The van der Waals surface area contributed by atoms with Crippen LogP contribution in [0.2, 0.25) is 0 Å². The maximum absolute atomic E-state index is 12.9. The van der Waals surface area contributed by atoms with Crippen molar-refractivity contribution in [2.45, 2.75) is 63.5 Å². The van der Waals surface area contributed by atoms with Crippen LogP contribution in [0.1, 0.15) is 51.4 Å². The summed E-state index contributed by atoms with van der Waals surface area (Å²) in [5, 5.41) is 0. The SMILES string of the molecule is O=C(OCC(=O)N(C1CCCCC1)C1CCS(=O)(=O)C1)C1CCOCC1. The summed E-state index contributed by atoms with van der Waals surface area (Å²) in [5.74, 6) is -0.630. The molecule has 8 heteroatoms. The van der Waals surface area contributed by atoms with E-state index in [1.54, 1.807) is 4.90 Å². The number of sulfone groups is 1. The second-order valence-electron chi connectivity index (χ2n) is 7.64. The second-order valence-corrected chi connectivity index (χ2v) is 9.87. The van der Waals surface area contributed by atoms with Crippen LogP contribution in [0.25, 0.3) is 0 Å². The van der Waals surface area contributed by atoms with Crippen molar-refractivity contribution < 1.29 is 27.5 Å². The van der Waals surface area contributed by atoms with Crippen LogP contribution in [0.15, 0.2) is 0 Å². The van der Waals surface area contributed by atoms with Gasteiger partial charge in [-0.05, 0) is 32.1 Å². The molecule has 1 atom stereocenters. The zero-order valence-corrected chi connectivity index (χ0v) is 16.0. The fourth-order valence-electron chi connectivity index (χ4n) is 4.32. The molecule has 3 aliphatic rings. The van der Waals surface area contributed by atoms with Crippen LogP contribution in [-0.4, -0.2) is 68.6 Å². The fraction of sp³-hybridized carbons (Fsp3) is 0.889. The maximum Gasteiger partial charge on any atom is 0.309 e. The highest BCUT2D eigenvalue weighted by Crippen LogP contribution is 2.28. The highest BCUT2D eigenvalue weighted by molar-refractivity contribution is 7.91. The van der Waals surface area contributed by atoms with Crippen LogP contribution in [0, 0.1) is 5.92 Å². The van der Waals surface area contributed by atoms with Gasteiger partial charge in [0.15, 0.2) is 16.4 Å². The van der Waals surface area contributed by atoms with Gasteiger partial charge in [0.25, 0.3) is 5.91 Å². The first kappa shape index (κ1) is 19.6. The van der Waals surface area contributed by atoms with Crippen molar-refractivity contribution in [2.75, 3.05) is 31.3 Å². The number of esters is 1. The Labute approximate surface area is 155 Å². The van der Waals surface area contributed by atoms with E-state index in [2.05, 4.69) is 0 Å². The molecule has 0 aromatic rings. The van der Waals surface area contributed by atoms with Gasteiger partial charge in [0.2, 0.25) is 0 Å². The second kappa shape index (κ2) is 8.69. The van der Waals surface area contributed by atoms with E-state index in [0.717, 1.165) is 32.1 Å². The van der Waals surface area contributed by atoms with Gasteiger partial charge in [-0.15, -0.1) is 0 Å². The lowest BCUT2D eigenvalue weighted by molar-refractivity contribution is -0.159. The predicted octanol–water partition coefficient (Wildman–Crippen LogP) is 1.30. The summed E-state index contributed by atoms with van der Waals surface area (Å²) in [6.45, 7) is 0.799. The van der Waals surface area contributed by atoms with E-state index in [9.17, 15) is 18.0 Å².